The number of rotatable bonds is 5. The van der Waals surface area contributed by atoms with Crippen LogP contribution in [0.5, 0.6) is 0 Å². The van der Waals surface area contributed by atoms with Crippen molar-refractivity contribution < 1.29 is 14.3 Å². The first-order valence-electron chi connectivity index (χ1n) is 9.79. The summed E-state index contributed by atoms with van der Waals surface area (Å²) in [6.07, 6.45) is 0.750. The SMILES string of the molecule is Cc1nc2c(c(N3CCOCC3)n1)CN(C(=O)COCc1ccccc1)CC2. The zero-order valence-corrected chi connectivity index (χ0v) is 16.3. The Hall–Kier alpha value is -2.51. The van der Waals surface area contributed by atoms with Gasteiger partial charge in [-0.1, -0.05) is 30.3 Å². The van der Waals surface area contributed by atoms with E-state index in [1.165, 1.54) is 0 Å². The molecule has 1 amide bonds. The molecular weight excluding hydrogens is 356 g/mol. The second-order valence-corrected chi connectivity index (χ2v) is 7.16. The molecule has 1 saturated heterocycles. The van der Waals surface area contributed by atoms with Crippen LogP contribution in [0, 0.1) is 6.92 Å². The van der Waals surface area contributed by atoms with Crippen molar-refractivity contribution in [3.8, 4) is 0 Å². The van der Waals surface area contributed by atoms with Crippen molar-refractivity contribution in [3.63, 3.8) is 0 Å². The van der Waals surface area contributed by atoms with E-state index in [1.54, 1.807) is 0 Å². The van der Waals surface area contributed by atoms with Crippen LogP contribution < -0.4 is 4.90 Å². The Labute approximate surface area is 165 Å². The molecule has 0 N–H and O–H groups in total. The van der Waals surface area contributed by atoms with Crippen LogP contribution >= 0.6 is 0 Å². The number of hydrogen-bond acceptors (Lipinski definition) is 6. The van der Waals surface area contributed by atoms with Crippen LogP contribution in [0.3, 0.4) is 0 Å². The van der Waals surface area contributed by atoms with E-state index >= 15 is 0 Å². The predicted molar refractivity (Wildman–Crippen MR) is 105 cm³/mol. The fourth-order valence-electron chi connectivity index (χ4n) is 3.69. The molecule has 0 bridgehead atoms. The molecule has 4 rings (SSSR count). The lowest BCUT2D eigenvalue weighted by Crippen LogP contribution is -2.42. The molecule has 3 heterocycles. The second-order valence-electron chi connectivity index (χ2n) is 7.16. The number of nitrogens with zero attached hydrogens (tertiary/aromatic N) is 4. The highest BCUT2D eigenvalue weighted by Crippen LogP contribution is 2.27. The van der Waals surface area contributed by atoms with E-state index in [0.717, 1.165) is 48.0 Å². The molecule has 0 aliphatic carbocycles. The highest BCUT2D eigenvalue weighted by Gasteiger charge is 2.27. The van der Waals surface area contributed by atoms with E-state index in [4.69, 9.17) is 14.5 Å². The van der Waals surface area contributed by atoms with E-state index in [9.17, 15) is 4.79 Å². The molecule has 148 valence electrons. The fraction of sp³-hybridized carbons (Fsp3) is 0.476. The van der Waals surface area contributed by atoms with Crippen LogP contribution in [0.1, 0.15) is 22.6 Å². The molecule has 7 nitrogen and oxygen atoms in total. The summed E-state index contributed by atoms with van der Waals surface area (Å²) in [6.45, 7) is 6.70. The van der Waals surface area contributed by atoms with Crippen LogP contribution in [0.15, 0.2) is 30.3 Å². The number of ether oxygens (including phenoxy) is 2. The van der Waals surface area contributed by atoms with Gasteiger partial charge in [0.05, 0.1) is 32.1 Å². The van der Waals surface area contributed by atoms with Crippen LogP contribution in [0.4, 0.5) is 5.82 Å². The average molecular weight is 382 g/mol. The largest absolute Gasteiger partial charge is 0.378 e. The van der Waals surface area contributed by atoms with Gasteiger partial charge in [0, 0.05) is 31.6 Å². The predicted octanol–water partition coefficient (Wildman–Crippen LogP) is 1.72. The number of anilines is 1. The standard InChI is InChI=1S/C21H26N4O3/c1-16-22-19-7-8-25(20(26)15-28-14-17-5-3-2-4-6-17)13-18(19)21(23-16)24-9-11-27-12-10-24/h2-6H,7-15H2,1H3. The van der Waals surface area contributed by atoms with Crippen LogP contribution in [0.25, 0.3) is 0 Å². The monoisotopic (exact) mass is 382 g/mol. The molecule has 0 radical (unpaired) electrons. The smallest absolute Gasteiger partial charge is 0.248 e. The number of fused-ring (bicyclic) bond motifs is 1. The first kappa shape index (κ1) is 18.8. The lowest BCUT2D eigenvalue weighted by atomic mass is 10.1. The number of aryl methyl sites for hydroxylation is 1. The third kappa shape index (κ3) is 4.31. The van der Waals surface area contributed by atoms with E-state index in [2.05, 4.69) is 9.88 Å². The molecule has 2 aliphatic rings. The molecule has 0 spiro atoms. The summed E-state index contributed by atoms with van der Waals surface area (Å²) >= 11 is 0. The van der Waals surface area contributed by atoms with Gasteiger partial charge in [-0.05, 0) is 12.5 Å². The van der Waals surface area contributed by atoms with Crippen molar-refractivity contribution in [3.05, 3.63) is 53.0 Å². The summed E-state index contributed by atoms with van der Waals surface area (Å²) in [5.74, 6) is 1.75. The van der Waals surface area contributed by atoms with Gasteiger partial charge in [0.1, 0.15) is 18.2 Å². The highest BCUT2D eigenvalue weighted by atomic mass is 16.5. The molecule has 28 heavy (non-hydrogen) atoms. The minimum Gasteiger partial charge on any atom is -0.378 e. The molecule has 0 unspecified atom stereocenters. The molecule has 1 aromatic carbocycles. The van der Waals surface area contributed by atoms with Gasteiger partial charge in [-0.15, -0.1) is 0 Å². The normalized spacial score (nSPS) is 16.8. The van der Waals surface area contributed by atoms with Gasteiger partial charge in [0.2, 0.25) is 5.91 Å². The number of morpholine rings is 1. The molecule has 1 aromatic heterocycles. The molecule has 1 fully saturated rings. The van der Waals surface area contributed by atoms with E-state index in [-0.39, 0.29) is 12.5 Å². The number of aromatic nitrogens is 2. The van der Waals surface area contributed by atoms with Crippen molar-refractivity contribution in [2.45, 2.75) is 26.5 Å². The van der Waals surface area contributed by atoms with Crippen molar-refractivity contribution in [1.29, 1.82) is 0 Å². The summed E-state index contributed by atoms with van der Waals surface area (Å²) in [5.41, 5.74) is 3.19. The van der Waals surface area contributed by atoms with Crippen LogP contribution in [0.2, 0.25) is 0 Å². The maximum atomic E-state index is 12.7. The first-order chi connectivity index (χ1) is 13.7. The Bertz CT molecular complexity index is 822. The number of hydrogen-bond donors (Lipinski definition) is 0. The molecule has 2 aromatic rings. The Balaban J connectivity index is 1.42. The van der Waals surface area contributed by atoms with Crippen molar-refractivity contribution in [1.82, 2.24) is 14.9 Å². The average Bonchev–Trinajstić information content (AvgIpc) is 2.74. The van der Waals surface area contributed by atoms with Crippen LogP contribution in [-0.2, 0) is 33.8 Å². The topological polar surface area (TPSA) is 67.8 Å². The lowest BCUT2D eigenvalue weighted by molar-refractivity contribution is -0.137. The third-order valence-corrected chi connectivity index (χ3v) is 5.15. The molecule has 7 heteroatoms. The van der Waals surface area contributed by atoms with Crippen molar-refractivity contribution in [2.75, 3.05) is 44.4 Å². The summed E-state index contributed by atoms with van der Waals surface area (Å²) in [7, 11) is 0. The Kier molecular flexibility index (Phi) is 5.83. The number of benzene rings is 1. The quantitative estimate of drug-likeness (QED) is 0.785. The lowest BCUT2D eigenvalue weighted by Gasteiger charge is -2.34. The van der Waals surface area contributed by atoms with Crippen molar-refractivity contribution in [2.24, 2.45) is 0 Å². The molecule has 2 aliphatic heterocycles. The summed E-state index contributed by atoms with van der Waals surface area (Å²) in [5, 5.41) is 0. The minimum atomic E-state index is 0.00934. The summed E-state index contributed by atoms with van der Waals surface area (Å²) in [6, 6.07) is 9.90. The van der Waals surface area contributed by atoms with Gasteiger partial charge in [-0.2, -0.15) is 0 Å². The van der Waals surface area contributed by atoms with Gasteiger partial charge in [-0.3, -0.25) is 4.79 Å². The van der Waals surface area contributed by atoms with E-state index < -0.39 is 0 Å². The summed E-state index contributed by atoms with van der Waals surface area (Å²) < 4.78 is 11.1. The zero-order valence-electron chi connectivity index (χ0n) is 16.3. The van der Waals surface area contributed by atoms with Gasteiger partial charge in [0.25, 0.3) is 0 Å². The molecular formula is C21H26N4O3. The second kappa shape index (κ2) is 8.67. The van der Waals surface area contributed by atoms with Crippen LogP contribution in [-0.4, -0.2) is 60.2 Å². The first-order valence-corrected chi connectivity index (χ1v) is 9.79. The van der Waals surface area contributed by atoms with Gasteiger partial charge >= 0.3 is 0 Å². The maximum absolute atomic E-state index is 12.7. The van der Waals surface area contributed by atoms with Gasteiger partial charge in [0.15, 0.2) is 0 Å². The van der Waals surface area contributed by atoms with Gasteiger partial charge < -0.3 is 19.3 Å². The highest BCUT2D eigenvalue weighted by molar-refractivity contribution is 5.78. The molecule has 0 atom stereocenters. The van der Waals surface area contributed by atoms with E-state index in [1.807, 2.05) is 42.2 Å². The van der Waals surface area contributed by atoms with E-state index in [0.29, 0.717) is 32.9 Å². The number of amides is 1. The Morgan fingerprint density at radius 1 is 1.14 bits per heavy atom. The Morgan fingerprint density at radius 2 is 1.93 bits per heavy atom. The zero-order chi connectivity index (χ0) is 19.3. The summed E-state index contributed by atoms with van der Waals surface area (Å²) in [4.78, 5) is 26.1. The molecule has 0 saturated carbocycles. The maximum Gasteiger partial charge on any atom is 0.248 e. The third-order valence-electron chi connectivity index (χ3n) is 5.15. The fourth-order valence-corrected chi connectivity index (χ4v) is 3.69. The number of carbonyl (C=O) groups is 1. The minimum absolute atomic E-state index is 0.00934. The van der Waals surface area contributed by atoms with Crippen molar-refractivity contribution >= 4 is 11.7 Å². The van der Waals surface area contributed by atoms with Gasteiger partial charge in [-0.25, -0.2) is 9.97 Å². The Morgan fingerprint density at radius 3 is 2.71 bits per heavy atom. The number of carbonyl (C=O) groups excluding carboxylic acids is 1.